The number of amides is 1. The van der Waals surface area contributed by atoms with Gasteiger partial charge in [-0.3, -0.25) is 9.69 Å². The van der Waals surface area contributed by atoms with Crippen LogP contribution < -0.4 is 21.5 Å². The van der Waals surface area contributed by atoms with Gasteiger partial charge >= 0.3 is 0 Å². The molecule has 1 atom stereocenters. The van der Waals surface area contributed by atoms with Crippen LogP contribution in [0.5, 0.6) is 5.75 Å². The lowest BCUT2D eigenvalue weighted by Gasteiger charge is -2.29. The van der Waals surface area contributed by atoms with Gasteiger partial charge in [0.25, 0.3) is 5.91 Å². The summed E-state index contributed by atoms with van der Waals surface area (Å²) in [6.07, 6.45) is 8.39. The van der Waals surface area contributed by atoms with E-state index < -0.39 is 0 Å². The van der Waals surface area contributed by atoms with E-state index in [2.05, 4.69) is 32.7 Å². The molecule has 41 heavy (non-hydrogen) atoms. The summed E-state index contributed by atoms with van der Waals surface area (Å²) in [5.74, 6) is 0.853. The molecule has 1 aliphatic rings. The Kier molecular flexibility index (Phi) is 7.49. The number of ether oxygens (including phenoxy) is 1. The molecule has 0 spiro atoms. The van der Waals surface area contributed by atoms with Crippen LogP contribution in [-0.4, -0.2) is 53.1 Å². The van der Waals surface area contributed by atoms with E-state index in [0.29, 0.717) is 22.9 Å². The van der Waals surface area contributed by atoms with Gasteiger partial charge in [-0.05, 0) is 54.6 Å². The number of methoxy groups -OCH3 is 1. The fraction of sp³-hybridized carbons (Fsp3) is 0.250. The number of anilines is 2. The lowest BCUT2D eigenvalue weighted by molar-refractivity contribution is 0.101. The Hall–Kier alpha value is -4.18. The topological polar surface area (TPSA) is 111 Å². The molecule has 6 rings (SSSR count). The largest absolute Gasteiger partial charge is 0.495 e. The monoisotopic (exact) mass is 566 g/mol. The fourth-order valence-electron chi connectivity index (χ4n) is 5.66. The first kappa shape index (κ1) is 27.0. The van der Waals surface area contributed by atoms with Gasteiger partial charge in [-0.15, -0.1) is 11.3 Å². The number of nitrogens with two attached hydrogens (primary N) is 2. The third-order valence-corrected chi connectivity index (χ3v) is 8.83. The minimum atomic E-state index is -0.202. The molecule has 0 aliphatic carbocycles. The average molecular weight is 567 g/mol. The number of rotatable bonds is 7. The van der Waals surface area contributed by atoms with E-state index in [1.54, 1.807) is 18.4 Å². The minimum absolute atomic E-state index is 0.202. The van der Waals surface area contributed by atoms with Gasteiger partial charge in [0.2, 0.25) is 0 Å². The highest BCUT2D eigenvalue weighted by molar-refractivity contribution is 7.18. The number of fused-ring (bicyclic) bond motifs is 2. The first-order valence-corrected chi connectivity index (χ1v) is 14.6. The van der Waals surface area contributed by atoms with E-state index in [9.17, 15) is 4.79 Å². The highest BCUT2D eigenvalue weighted by Crippen LogP contribution is 2.41. The van der Waals surface area contributed by atoms with E-state index in [1.165, 1.54) is 0 Å². The van der Waals surface area contributed by atoms with Crippen LogP contribution in [0.3, 0.4) is 0 Å². The summed E-state index contributed by atoms with van der Waals surface area (Å²) in [4.78, 5) is 20.1. The average Bonchev–Trinajstić information content (AvgIpc) is 3.57. The quantitative estimate of drug-likeness (QED) is 0.232. The number of aryl methyl sites for hydroxylation is 1. The minimum Gasteiger partial charge on any atom is -0.495 e. The number of nitrogen functional groups attached to an aromatic ring is 1. The molecule has 3 aromatic heterocycles. The predicted molar refractivity (Wildman–Crippen MR) is 170 cm³/mol. The van der Waals surface area contributed by atoms with Crippen molar-refractivity contribution in [2.45, 2.75) is 18.9 Å². The Bertz CT molecular complexity index is 1770. The first-order valence-electron chi connectivity index (χ1n) is 13.8. The summed E-state index contributed by atoms with van der Waals surface area (Å²) < 4.78 is 8.69. The van der Waals surface area contributed by atoms with Crippen LogP contribution in [0, 0.1) is 0 Å². The normalized spacial score (nSPS) is 16.1. The van der Waals surface area contributed by atoms with Crippen LogP contribution in [0.2, 0.25) is 0 Å². The molecular formula is C32H34N6O2S. The predicted octanol–water partition coefficient (Wildman–Crippen LogP) is 5.73. The van der Waals surface area contributed by atoms with Crippen molar-refractivity contribution in [2.75, 3.05) is 37.8 Å². The molecule has 4 heterocycles. The lowest BCUT2D eigenvalue weighted by atomic mass is 10.0. The Balaban J connectivity index is 1.26. The number of pyridine rings is 1. The molecule has 9 heteroatoms. The molecule has 5 aromatic rings. The second-order valence-electron chi connectivity index (χ2n) is 10.5. The maximum atomic E-state index is 13.2. The fourth-order valence-corrected chi connectivity index (χ4v) is 6.74. The highest BCUT2D eigenvalue weighted by atomic mass is 32.1. The summed E-state index contributed by atoms with van der Waals surface area (Å²) in [5, 5.41) is 7.07. The molecule has 1 aliphatic heterocycles. The highest BCUT2D eigenvalue weighted by Gasteiger charge is 2.19. The summed E-state index contributed by atoms with van der Waals surface area (Å²) in [7, 11) is 3.50. The number of piperidine rings is 1. The number of carbonyl (C=O) groups is 1. The van der Waals surface area contributed by atoms with Crippen LogP contribution in [0.1, 0.15) is 28.9 Å². The van der Waals surface area contributed by atoms with Crippen molar-refractivity contribution in [1.29, 1.82) is 0 Å². The number of benzene rings is 2. The van der Waals surface area contributed by atoms with E-state index in [4.69, 9.17) is 16.2 Å². The van der Waals surface area contributed by atoms with Crippen molar-refractivity contribution >= 4 is 55.8 Å². The Morgan fingerprint density at radius 2 is 2.10 bits per heavy atom. The maximum absolute atomic E-state index is 13.2. The van der Waals surface area contributed by atoms with Crippen molar-refractivity contribution in [3.05, 3.63) is 77.4 Å². The first-order chi connectivity index (χ1) is 19.9. The Morgan fingerprint density at radius 3 is 2.90 bits per heavy atom. The van der Waals surface area contributed by atoms with Crippen molar-refractivity contribution in [3.8, 4) is 16.9 Å². The van der Waals surface area contributed by atoms with Gasteiger partial charge < -0.3 is 26.1 Å². The molecule has 0 bridgehead atoms. The zero-order valence-electron chi connectivity index (χ0n) is 23.3. The molecule has 5 N–H and O–H groups in total. The van der Waals surface area contributed by atoms with Crippen LogP contribution in [0.15, 0.2) is 66.2 Å². The van der Waals surface area contributed by atoms with Crippen molar-refractivity contribution < 1.29 is 9.53 Å². The molecule has 2 aromatic carbocycles. The number of nitrogens with zero attached hydrogens (tertiary/aromatic N) is 3. The number of hydrogen-bond donors (Lipinski definition) is 3. The van der Waals surface area contributed by atoms with Crippen LogP contribution in [-0.2, 0) is 7.05 Å². The third kappa shape index (κ3) is 5.31. The van der Waals surface area contributed by atoms with Gasteiger partial charge in [-0.2, -0.15) is 0 Å². The molecule has 8 nitrogen and oxygen atoms in total. The zero-order chi connectivity index (χ0) is 28.5. The molecule has 0 saturated carbocycles. The number of aromatic nitrogens is 2. The van der Waals surface area contributed by atoms with Crippen LogP contribution >= 0.6 is 11.3 Å². The zero-order valence-corrected chi connectivity index (χ0v) is 24.1. The standard InChI is InChI=1S/C32H34N6O2S/c1-37-26-10-4-3-7-21(26)15-27(37)32(39)36-25-12-11-20(16-28(25)40-2)24-19-41-30-22(17-35-31(34)29(24)30)8-5-13-38-14-6-9-23(33)18-38/h3-5,7-8,10-12,15-17,19,23H,6,9,13-14,18,33H2,1-2H3,(H2,34,35)(H,36,39). The van der Waals surface area contributed by atoms with E-state index in [0.717, 1.165) is 70.2 Å². The maximum Gasteiger partial charge on any atom is 0.272 e. The van der Waals surface area contributed by atoms with Crippen molar-refractivity contribution in [3.63, 3.8) is 0 Å². The van der Waals surface area contributed by atoms with Gasteiger partial charge in [-0.1, -0.05) is 36.4 Å². The van der Waals surface area contributed by atoms with E-state index in [-0.39, 0.29) is 11.9 Å². The molecule has 1 amide bonds. The summed E-state index contributed by atoms with van der Waals surface area (Å²) in [5.41, 5.74) is 17.7. The van der Waals surface area contributed by atoms with Gasteiger partial charge in [0.05, 0.1) is 12.8 Å². The molecule has 1 fully saturated rings. The second kappa shape index (κ2) is 11.4. The molecule has 0 radical (unpaired) electrons. The number of nitrogens with one attached hydrogen (secondary N) is 1. The molecule has 1 saturated heterocycles. The molecular weight excluding hydrogens is 532 g/mol. The Labute approximate surface area is 243 Å². The number of para-hydroxylation sites is 1. The third-order valence-electron chi connectivity index (χ3n) is 7.80. The van der Waals surface area contributed by atoms with E-state index >= 15 is 0 Å². The number of likely N-dealkylation sites (tertiary alicyclic amines) is 1. The molecule has 1 unspecified atom stereocenters. The molecule has 210 valence electrons. The smallest absolute Gasteiger partial charge is 0.272 e. The summed E-state index contributed by atoms with van der Waals surface area (Å²) in [6.45, 7) is 2.88. The SMILES string of the molecule is COc1cc(-c2csc3c(C=CCN4CCCC(N)C4)cnc(N)c23)ccc1NC(=O)c1cc2ccccc2n1C. The van der Waals surface area contributed by atoms with Gasteiger partial charge in [0.15, 0.2) is 0 Å². The van der Waals surface area contributed by atoms with E-state index in [1.807, 2.05) is 66.3 Å². The van der Waals surface area contributed by atoms with Gasteiger partial charge in [-0.25, -0.2) is 4.98 Å². The van der Waals surface area contributed by atoms with Crippen LogP contribution in [0.25, 0.3) is 38.2 Å². The summed E-state index contributed by atoms with van der Waals surface area (Å²) in [6, 6.07) is 15.9. The number of thiophene rings is 1. The second-order valence-corrected chi connectivity index (χ2v) is 11.4. The number of hydrogen-bond acceptors (Lipinski definition) is 7. The van der Waals surface area contributed by atoms with Gasteiger partial charge in [0, 0.05) is 64.5 Å². The number of carbonyl (C=O) groups excluding carboxylic acids is 1. The van der Waals surface area contributed by atoms with Gasteiger partial charge in [0.1, 0.15) is 17.3 Å². The van der Waals surface area contributed by atoms with Crippen molar-refractivity contribution in [2.24, 2.45) is 12.8 Å². The Morgan fingerprint density at radius 1 is 1.24 bits per heavy atom. The van der Waals surface area contributed by atoms with Crippen molar-refractivity contribution in [1.82, 2.24) is 14.5 Å². The van der Waals surface area contributed by atoms with Crippen LogP contribution in [0.4, 0.5) is 11.5 Å². The lowest BCUT2D eigenvalue weighted by Crippen LogP contribution is -2.42. The summed E-state index contributed by atoms with van der Waals surface area (Å²) >= 11 is 1.65.